The van der Waals surface area contributed by atoms with Gasteiger partial charge in [-0.1, -0.05) is 0 Å². The first kappa shape index (κ1) is 13.3. The number of hydrogen-bond acceptors (Lipinski definition) is 4. The molecule has 0 saturated heterocycles. The Morgan fingerprint density at radius 2 is 2.00 bits per heavy atom. The van der Waals surface area contributed by atoms with Crippen molar-refractivity contribution in [1.82, 2.24) is 9.55 Å². The summed E-state index contributed by atoms with van der Waals surface area (Å²) in [5.74, 6) is -2.40. The molecule has 0 unspecified atom stereocenters. The van der Waals surface area contributed by atoms with E-state index in [-0.39, 0.29) is 16.5 Å². The van der Waals surface area contributed by atoms with Crippen LogP contribution < -0.4 is 10.5 Å². The van der Waals surface area contributed by atoms with Crippen LogP contribution in [0.25, 0.3) is 0 Å². The molecule has 0 aliphatic heterocycles. The summed E-state index contributed by atoms with van der Waals surface area (Å²) in [6.07, 6.45) is 1.23. The van der Waals surface area contributed by atoms with Gasteiger partial charge in [0.05, 0.1) is 12.0 Å². The molecule has 102 valence electrons. The Labute approximate surface area is 107 Å². The Balaban J connectivity index is 2.39. The summed E-state index contributed by atoms with van der Waals surface area (Å²) in [6, 6.07) is 2.65. The Kier molecular flexibility index (Phi) is 3.14. The summed E-state index contributed by atoms with van der Waals surface area (Å²) < 4.78 is 53.1. The molecule has 0 atom stereocenters. The Bertz CT molecular complexity index is 708. The first-order valence-corrected chi connectivity index (χ1v) is 6.54. The van der Waals surface area contributed by atoms with Gasteiger partial charge in [0, 0.05) is 13.1 Å². The molecule has 1 heterocycles. The average Bonchev–Trinajstić information content (AvgIpc) is 2.64. The second-order valence-corrected chi connectivity index (χ2v) is 5.38. The van der Waals surface area contributed by atoms with Crippen molar-refractivity contribution in [2.75, 3.05) is 10.5 Å². The molecule has 2 aromatic rings. The molecule has 1 aromatic carbocycles. The monoisotopic (exact) mass is 288 g/mol. The molecule has 3 N–H and O–H groups in total. The maximum atomic E-state index is 13.0. The Morgan fingerprint density at radius 1 is 1.32 bits per heavy atom. The van der Waals surface area contributed by atoms with E-state index in [0.29, 0.717) is 0 Å². The predicted octanol–water partition coefficient (Wildman–Crippen LogP) is 1.08. The zero-order chi connectivity index (χ0) is 14.2. The van der Waals surface area contributed by atoms with E-state index in [0.717, 1.165) is 18.2 Å². The molecule has 2 rings (SSSR count). The summed E-state index contributed by atoms with van der Waals surface area (Å²) in [6.45, 7) is 0. The van der Waals surface area contributed by atoms with Gasteiger partial charge in [-0.3, -0.25) is 4.72 Å². The second-order valence-electron chi connectivity index (χ2n) is 3.78. The lowest BCUT2D eigenvalue weighted by molar-refractivity contribution is 0.509. The van der Waals surface area contributed by atoms with Gasteiger partial charge in [-0.15, -0.1) is 0 Å². The number of nitrogens with two attached hydrogens (primary N) is 1. The molecule has 1 aromatic heterocycles. The molecular formula is C10H10F2N4O2S. The Morgan fingerprint density at radius 3 is 2.53 bits per heavy atom. The molecule has 0 aliphatic rings. The fraction of sp³-hybridized carbons (Fsp3) is 0.100. The van der Waals surface area contributed by atoms with E-state index in [2.05, 4.69) is 9.71 Å². The third-order valence-electron chi connectivity index (χ3n) is 2.34. The highest BCUT2D eigenvalue weighted by atomic mass is 32.2. The lowest BCUT2D eigenvalue weighted by Crippen LogP contribution is -2.17. The van der Waals surface area contributed by atoms with Crippen molar-refractivity contribution >= 4 is 21.5 Å². The maximum Gasteiger partial charge on any atom is 0.281 e. The van der Waals surface area contributed by atoms with Gasteiger partial charge in [-0.25, -0.2) is 13.8 Å². The van der Waals surface area contributed by atoms with Gasteiger partial charge in [0.2, 0.25) is 0 Å². The van der Waals surface area contributed by atoms with Gasteiger partial charge in [0.15, 0.2) is 22.5 Å². The van der Waals surface area contributed by atoms with Crippen LogP contribution in [0.5, 0.6) is 0 Å². The summed E-state index contributed by atoms with van der Waals surface area (Å²) in [7, 11) is -2.58. The number of nitrogen functional groups attached to an aromatic ring is 1. The second kappa shape index (κ2) is 4.50. The largest absolute Gasteiger partial charge is 0.381 e. The summed E-state index contributed by atoms with van der Waals surface area (Å²) in [4.78, 5) is 3.64. The zero-order valence-corrected chi connectivity index (χ0v) is 10.6. The minimum atomic E-state index is -4.02. The summed E-state index contributed by atoms with van der Waals surface area (Å²) in [5.41, 5.74) is 5.34. The number of imidazole rings is 1. The third kappa shape index (κ3) is 2.50. The van der Waals surface area contributed by atoms with Gasteiger partial charge < -0.3 is 10.3 Å². The molecule has 9 heteroatoms. The molecule has 0 bridgehead atoms. The number of sulfonamides is 1. The van der Waals surface area contributed by atoms with Crippen molar-refractivity contribution in [1.29, 1.82) is 0 Å². The number of nitrogens with zero attached hydrogens (tertiary/aromatic N) is 2. The molecule has 19 heavy (non-hydrogen) atoms. The standard InChI is InChI=1S/C10H10F2N4O2S/c1-16-5-14-9(13)10(16)19(17,18)15-6-2-3-7(11)8(12)4-6/h2-5,15H,13H2,1H3. The zero-order valence-electron chi connectivity index (χ0n) is 9.76. The summed E-state index contributed by atoms with van der Waals surface area (Å²) >= 11 is 0. The fourth-order valence-electron chi connectivity index (χ4n) is 1.53. The molecular weight excluding hydrogens is 278 g/mol. The van der Waals surface area contributed by atoms with Crippen LogP contribution in [-0.2, 0) is 17.1 Å². The third-order valence-corrected chi connectivity index (χ3v) is 3.85. The van der Waals surface area contributed by atoms with Crippen LogP contribution in [0.4, 0.5) is 20.3 Å². The Hall–Kier alpha value is -2.16. The number of aromatic nitrogens is 2. The highest BCUT2D eigenvalue weighted by Crippen LogP contribution is 2.21. The van der Waals surface area contributed by atoms with Crippen molar-refractivity contribution in [3.63, 3.8) is 0 Å². The lowest BCUT2D eigenvalue weighted by Gasteiger charge is -2.09. The lowest BCUT2D eigenvalue weighted by atomic mass is 10.3. The van der Waals surface area contributed by atoms with Crippen molar-refractivity contribution in [3.05, 3.63) is 36.2 Å². The number of hydrogen-bond donors (Lipinski definition) is 2. The number of halogens is 2. The van der Waals surface area contributed by atoms with Gasteiger partial charge >= 0.3 is 0 Å². The number of benzene rings is 1. The highest BCUT2D eigenvalue weighted by molar-refractivity contribution is 7.92. The molecule has 0 spiro atoms. The quantitative estimate of drug-likeness (QED) is 0.884. The molecule has 0 fully saturated rings. The van der Waals surface area contributed by atoms with Crippen molar-refractivity contribution in [3.8, 4) is 0 Å². The summed E-state index contributed by atoms with van der Waals surface area (Å²) in [5, 5.41) is -0.253. The molecule has 0 amide bonds. The van der Waals surface area contributed by atoms with Crippen molar-refractivity contribution in [2.45, 2.75) is 5.03 Å². The topological polar surface area (TPSA) is 90.0 Å². The minimum Gasteiger partial charge on any atom is -0.381 e. The van der Waals surface area contributed by atoms with E-state index in [4.69, 9.17) is 5.73 Å². The van der Waals surface area contributed by atoms with Gasteiger partial charge in [0.1, 0.15) is 0 Å². The van der Waals surface area contributed by atoms with E-state index in [1.165, 1.54) is 17.9 Å². The fourth-order valence-corrected chi connectivity index (χ4v) is 2.82. The van der Waals surface area contributed by atoms with Crippen LogP contribution >= 0.6 is 0 Å². The van der Waals surface area contributed by atoms with E-state index < -0.39 is 21.7 Å². The van der Waals surface area contributed by atoms with Gasteiger partial charge in [-0.2, -0.15) is 8.42 Å². The average molecular weight is 288 g/mol. The molecule has 0 saturated carbocycles. The first-order chi connectivity index (χ1) is 8.81. The van der Waals surface area contributed by atoms with Crippen molar-refractivity contribution in [2.24, 2.45) is 7.05 Å². The van der Waals surface area contributed by atoms with Gasteiger partial charge in [0.25, 0.3) is 10.0 Å². The highest BCUT2D eigenvalue weighted by Gasteiger charge is 2.22. The molecule has 0 aliphatic carbocycles. The van der Waals surface area contributed by atoms with E-state index in [9.17, 15) is 17.2 Å². The van der Waals surface area contributed by atoms with Crippen LogP contribution in [0.2, 0.25) is 0 Å². The number of aryl methyl sites for hydroxylation is 1. The number of anilines is 2. The molecule has 6 nitrogen and oxygen atoms in total. The number of rotatable bonds is 3. The van der Waals surface area contributed by atoms with Crippen LogP contribution in [0, 0.1) is 11.6 Å². The number of nitrogens with one attached hydrogen (secondary N) is 1. The van der Waals surface area contributed by atoms with Crippen LogP contribution in [-0.4, -0.2) is 18.0 Å². The van der Waals surface area contributed by atoms with E-state index in [1.807, 2.05) is 0 Å². The van der Waals surface area contributed by atoms with Gasteiger partial charge in [-0.05, 0) is 12.1 Å². The van der Waals surface area contributed by atoms with E-state index in [1.54, 1.807) is 0 Å². The van der Waals surface area contributed by atoms with Crippen LogP contribution in [0.1, 0.15) is 0 Å². The maximum absolute atomic E-state index is 13.0. The predicted molar refractivity (Wildman–Crippen MR) is 64.8 cm³/mol. The molecule has 0 radical (unpaired) electrons. The van der Waals surface area contributed by atoms with E-state index >= 15 is 0 Å². The minimum absolute atomic E-state index is 0.112. The SMILES string of the molecule is Cn1cnc(N)c1S(=O)(=O)Nc1ccc(F)c(F)c1. The van der Waals surface area contributed by atoms with Crippen LogP contribution in [0.3, 0.4) is 0 Å². The van der Waals surface area contributed by atoms with Crippen molar-refractivity contribution < 1.29 is 17.2 Å². The normalized spacial score (nSPS) is 11.5. The smallest absolute Gasteiger partial charge is 0.281 e. The van der Waals surface area contributed by atoms with Crippen LogP contribution in [0.15, 0.2) is 29.6 Å². The first-order valence-electron chi connectivity index (χ1n) is 5.06.